The Bertz CT molecular complexity index is 559. The maximum atomic E-state index is 11.9. The van der Waals surface area contributed by atoms with Crippen LogP contribution >= 0.6 is 0 Å². The summed E-state index contributed by atoms with van der Waals surface area (Å²) in [5.74, 6) is 0.733. The molecule has 2 aromatic carbocycles. The Morgan fingerprint density at radius 2 is 1.67 bits per heavy atom. The molecule has 0 spiro atoms. The van der Waals surface area contributed by atoms with Crippen molar-refractivity contribution in [3.63, 3.8) is 0 Å². The number of ether oxygens (including phenoxy) is 1. The van der Waals surface area contributed by atoms with Gasteiger partial charge >= 0.3 is 0 Å². The third-order valence-electron chi connectivity index (χ3n) is 2.70. The molecule has 0 atom stereocenters. The molecule has 0 aliphatic heterocycles. The molecule has 0 aromatic heterocycles. The number of Topliss-reactive ketones (excluding diaryl/α,β-unsaturated/α-hetero) is 1. The third kappa shape index (κ3) is 3.20. The Kier molecular flexibility index (Phi) is 3.78. The van der Waals surface area contributed by atoms with Crippen LogP contribution in [0.2, 0.25) is 0 Å². The number of ketones is 1. The van der Waals surface area contributed by atoms with Crippen LogP contribution in [0.1, 0.15) is 21.5 Å². The lowest BCUT2D eigenvalue weighted by atomic mass is 10.1. The Labute approximate surface area is 107 Å². The minimum absolute atomic E-state index is 0.000191. The van der Waals surface area contributed by atoms with Crippen LogP contribution in [0, 0.1) is 13.8 Å². The molecule has 0 saturated carbocycles. The van der Waals surface area contributed by atoms with Gasteiger partial charge in [0, 0.05) is 5.56 Å². The second kappa shape index (κ2) is 5.50. The zero-order valence-electron chi connectivity index (χ0n) is 10.6. The van der Waals surface area contributed by atoms with Gasteiger partial charge in [0.15, 0.2) is 12.4 Å². The van der Waals surface area contributed by atoms with Gasteiger partial charge in [0.1, 0.15) is 5.75 Å². The van der Waals surface area contributed by atoms with Gasteiger partial charge < -0.3 is 4.74 Å². The van der Waals surface area contributed by atoms with Crippen LogP contribution in [0.3, 0.4) is 0 Å². The first-order chi connectivity index (χ1) is 8.65. The highest BCUT2D eigenvalue weighted by Crippen LogP contribution is 2.13. The van der Waals surface area contributed by atoms with E-state index in [2.05, 4.69) is 0 Å². The average Bonchev–Trinajstić information content (AvgIpc) is 2.36. The number of hydrogen-bond donors (Lipinski definition) is 0. The lowest BCUT2D eigenvalue weighted by Crippen LogP contribution is -2.11. The molecular formula is C16H16O2. The van der Waals surface area contributed by atoms with E-state index in [1.54, 1.807) is 0 Å². The Morgan fingerprint density at radius 3 is 2.33 bits per heavy atom. The molecule has 0 radical (unpaired) electrons. The van der Waals surface area contributed by atoms with Gasteiger partial charge in [-0.1, -0.05) is 35.9 Å². The minimum atomic E-state index is 0.000191. The summed E-state index contributed by atoms with van der Waals surface area (Å²) in [6.45, 7) is 4.04. The molecule has 0 N–H and O–H groups in total. The van der Waals surface area contributed by atoms with Crippen LogP contribution < -0.4 is 4.74 Å². The fraction of sp³-hybridized carbons (Fsp3) is 0.188. The van der Waals surface area contributed by atoms with Gasteiger partial charge in [0.25, 0.3) is 0 Å². The zero-order valence-corrected chi connectivity index (χ0v) is 10.6. The van der Waals surface area contributed by atoms with Crippen LogP contribution in [0.25, 0.3) is 0 Å². The quantitative estimate of drug-likeness (QED) is 0.764. The summed E-state index contributed by atoms with van der Waals surface area (Å²) in [5, 5.41) is 0. The molecule has 0 amide bonds. The molecule has 0 heterocycles. The Balaban J connectivity index is 2.00. The fourth-order valence-electron chi connectivity index (χ4n) is 1.76. The van der Waals surface area contributed by atoms with Gasteiger partial charge in [-0.25, -0.2) is 0 Å². The van der Waals surface area contributed by atoms with Crippen molar-refractivity contribution in [1.29, 1.82) is 0 Å². The van der Waals surface area contributed by atoms with Crippen molar-refractivity contribution in [2.75, 3.05) is 6.61 Å². The van der Waals surface area contributed by atoms with E-state index in [0.717, 1.165) is 16.9 Å². The summed E-state index contributed by atoms with van der Waals surface area (Å²) in [7, 11) is 0. The second-order valence-corrected chi connectivity index (χ2v) is 4.40. The molecule has 0 aliphatic rings. The summed E-state index contributed by atoms with van der Waals surface area (Å²) in [6.07, 6.45) is 0. The van der Waals surface area contributed by atoms with Gasteiger partial charge in [-0.2, -0.15) is 0 Å². The molecule has 0 unspecified atom stereocenters. The van der Waals surface area contributed by atoms with E-state index < -0.39 is 0 Å². The molecule has 0 aliphatic carbocycles. The smallest absolute Gasteiger partial charge is 0.200 e. The average molecular weight is 240 g/mol. The number of carbonyl (C=O) groups excluding carboxylic acids is 1. The van der Waals surface area contributed by atoms with Crippen LogP contribution in [0.15, 0.2) is 48.5 Å². The summed E-state index contributed by atoms with van der Waals surface area (Å²) in [5.41, 5.74) is 2.90. The molecule has 0 bridgehead atoms. The van der Waals surface area contributed by atoms with Gasteiger partial charge in [-0.3, -0.25) is 4.79 Å². The molecule has 2 heteroatoms. The highest BCUT2D eigenvalue weighted by Gasteiger charge is 2.06. The largest absolute Gasteiger partial charge is 0.485 e. The minimum Gasteiger partial charge on any atom is -0.485 e. The fourth-order valence-corrected chi connectivity index (χ4v) is 1.76. The predicted octanol–water partition coefficient (Wildman–Crippen LogP) is 3.57. The number of benzene rings is 2. The highest BCUT2D eigenvalue weighted by atomic mass is 16.5. The van der Waals surface area contributed by atoms with E-state index >= 15 is 0 Å². The first-order valence-electron chi connectivity index (χ1n) is 5.94. The molecule has 92 valence electrons. The van der Waals surface area contributed by atoms with Crippen LogP contribution in [0.4, 0.5) is 0 Å². The Morgan fingerprint density at radius 1 is 1.00 bits per heavy atom. The number of aryl methyl sites for hydroxylation is 2. The molecule has 2 rings (SSSR count). The first-order valence-corrected chi connectivity index (χ1v) is 5.94. The summed E-state index contributed by atoms with van der Waals surface area (Å²) in [4.78, 5) is 11.9. The van der Waals surface area contributed by atoms with Crippen molar-refractivity contribution in [3.8, 4) is 5.75 Å². The van der Waals surface area contributed by atoms with Crippen molar-refractivity contribution in [3.05, 3.63) is 65.2 Å². The Hall–Kier alpha value is -2.09. The number of hydrogen-bond acceptors (Lipinski definition) is 2. The molecule has 0 fully saturated rings. The molecular weight excluding hydrogens is 224 g/mol. The van der Waals surface area contributed by atoms with Gasteiger partial charge in [-0.15, -0.1) is 0 Å². The first kappa shape index (κ1) is 12.4. The SMILES string of the molecule is Cc1cccc(OCC(=O)c2cccc(C)c2)c1. The second-order valence-electron chi connectivity index (χ2n) is 4.40. The van der Waals surface area contributed by atoms with E-state index in [9.17, 15) is 4.79 Å². The molecule has 0 saturated heterocycles. The van der Waals surface area contributed by atoms with Gasteiger partial charge in [0.2, 0.25) is 0 Å². The topological polar surface area (TPSA) is 26.3 Å². The predicted molar refractivity (Wildman–Crippen MR) is 72.2 cm³/mol. The molecule has 2 nitrogen and oxygen atoms in total. The monoisotopic (exact) mass is 240 g/mol. The van der Waals surface area contributed by atoms with Gasteiger partial charge in [-0.05, 0) is 37.6 Å². The van der Waals surface area contributed by atoms with Crippen molar-refractivity contribution in [2.45, 2.75) is 13.8 Å². The summed E-state index contributed by atoms with van der Waals surface area (Å²) < 4.78 is 5.49. The number of rotatable bonds is 4. The van der Waals surface area contributed by atoms with Crippen LogP contribution in [-0.4, -0.2) is 12.4 Å². The third-order valence-corrected chi connectivity index (χ3v) is 2.70. The van der Waals surface area contributed by atoms with E-state index in [-0.39, 0.29) is 12.4 Å². The molecule has 18 heavy (non-hydrogen) atoms. The van der Waals surface area contributed by atoms with Crippen molar-refractivity contribution < 1.29 is 9.53 Å². The highest BCUT2D eigenvalue weighted by molar-refractivity contribution is 5.97. The van der Waals surface area contributed by atoms with E-state index in [1.165, 1.54) is 0 Å². The van der Waals surface area contributed by atoms with E-state index in [1.807, 2.05) is 62.4 Å². The summed E-state index contributed by atoms with van der Waals surface area (Å²) in [6, 6.07) is 15.2. The van der Waals surface area contributed by atoms with Crippen molar-refractivity contribution in [1.82, 2.24) is 0 Å². The zero-order chi connectivity index (χ0) is 13.0. The van der Waals surface area contributed by atoms with E-state index in [4.69, 9.17) is 4.74 Å². The van der Waals surface area contributed by atoms with Crippen LogP contribution in [0.5, 0.6) is 5.75 Å². The standard InChI is InChI=1S/C16H16O2/c1-12-5-3-7-14(9-12)16(17)11-18-15-8-4-6-13(2)10-15/h3-10H,11H2,1-2H3. The summed E-state index contributed by atoms with van der Waals surface area (Å²) >= 11 is 0. The lowest BCUT2D eigenvalue weighted by molar-refractivity contribution is 0.0921. The lowest BCUT2D eigenvalue weighted by Gasteiger charge is -2.06. The number of carbonyl (C=O) groups is 1. The maximum Gasteiger partial charge on any atom is 0.200 e. The maximum absolute atomic E-state index is 11.9. The van der Waals surface area contributed by atoms with Gasteiger partial charge in [0.05, 0.1) is 0 Å². The van der Waals surface area contributed by atoms with E-state index in [0.29, 0.717) is 5.56 Å². The normalized spacial score (nSPS) is 10.1. The molecule has 2 aromatic rings. The van der Waals surface area contributed by atoms with Crippen LogP contribution in [-0.2, 0) is 0 Å². The van der Waals surface area contributed by atoms with Crippen molar-refractivity contribution in [2.24, 2.45) is 0 Å². The van der Waals surface area contributed by atoms with Crippen molar-refractivity contribution >= 4 is 5.78 Å².